The summed E-state index contributed by atoms with van der Waals surface area (Å²) in [6, 6.07) is 23.4. The van der Waals surface area contributed by atoms with Crippen LogP contribution in [0.3, 0.4) is 0 Å². The summed E-state index contributed by atoms with van der Waals surface area (Å²) in [5.74, 6) is 2.51. The van der Waals surface area contributed by atoms with Gasteiger partial charge in [0, 0.05) is 48.7 Å². The third kappa shape index (κ3) is 5.62. The lowest BCUT2D eigenvalue weighted by Crippen LogP contribution is -2.41. The molecule has 7 nitrogen and oxygen atoms in total. The monoisotopic (exact) mass is 615 g/mol. The summed E-state index contributed by atoms with van der Waals surface area (Å²) in [6.45, 7) is 5.85. The maximum Gasteiger partial charge on any atom is 0.254 e. The summed E-state index contributed by atoms with van der Waals surface area (Å²) in [4.78, 5) is 20.9. The molecule has 2 aromatic heterocycles. The lowest BCUT2D eigenvalue weighted by Gasteiger charge is -2.23. The number of likely N-dealkylation sites (tertiary alicyclic amines) is 1. The van der Waals surface area contributed by atoms with E-state index in [2.05, 4.69) is 89.7 Å². The van der Waals surface area contributed by atoms with Gasteiger partial charge in [0.2, 0.25) is 0 Å². The number of ether oxygens (including phenoxy) is 1. The van der Waals surface area contributed by atoms with Crippen LogP contribution < -0.4 is 10.5 Å². The van der Waals surface area contributed by atoms with E-state index in [1.54, 1.807) is 7.11 Å². The molecular weight excluding hydrogens is 570 g/mol. The van der Waals surface area contributed by atoms with Gasteiger partial charge in [0.1, 0.15) is 11.3 Å². The van der Waals surface area contributed by atoms with E-state index in [0.717, 1.165) is 48.4 Å². The van der Waals surface area contributed by atoms with Crippen molar-refractivity contribution in [3.63, 3.8) is 0 Å². The molecule has 0 radical (unpaired) electrons. The number of methoxy groups -OCH3 is 1. The number of aromatic nitrogens is 3. The van der Waals surface area contributed by atoms with E-state index < -0.39 is 0 Å². The third-order valence-electron chi connectivity index (χ3n) is 10.3. The first-order valence-corrected chi connectivity index (χ1v) is 16.8. The van der Waals surface area contributed by atoms with Gasteiger partial charge < -0.3 is 24.5 Å². The molecule has 5 aromatic rings. The fourth-order valence-electron chi connectivity index (χ4n) is 7.24. The molecule has 1 amide bonds. The van der Waals surface area contributed by atoms with Crippen molar-refractivity contribution in [2.45, 2.75) is 64.6 Å². The predicted octanol–water partition coefficient (Wildman–Crippen LogP) is 7.46. The van der Waals surface area contributed by atoms with E-state index >= 15 is 0 Å². The molecule has 7 rings (SSSR count). The molecule has 3 atom stereocenters. The van der Waals surface area contributed by atoms with Gasteiger partial charge in [0.25, 0.3) is 5.91 Å². The Morgan fingerprint density at radius 3 is 2.61 bits per heavy atom. The van der Waals surface area contributed by atoms with Crippen LogP contribution in [0.4, 0.5) is 0 Å². The fraction of sp³-hybridized carbons (Fsp3) is 0.385. The third-order valence-corrected chi connectivity index (χ3v) is 10.3. The van der Waals surface area contributed by atoms with Crippen LogP contribution in [0.2, 0.25) is 0 Å². The quantitative estimate of drug-likeness (QED) is 0.177. The zero-order valence-corrected chi connectivity index (χ0v) is 27.4. The molecule has 2 unspecified atom stereocenters. The lowest BCUT2D eigenvalue weighted by molar-refractivity contribution is 0.0739. The molecule has 0 spiro atoms. The molecule has 1 aliphatic carbocycles. The van der Waals surface area contributed by atoms with Crippen LogP contribution in [-0.2, 0) is 20.0 Å². The molecule has 7 heteroatoms. The van der Waals surface area contributed by atoms with Crippen molar-refractivity contribution >= 4 is 33.9 Å². The lowest BCUT2D eigenvalue weighted by atomic mass is 9.98. The highest BCUT2D eigenvalue weighted by molar-refractivity contribution is 6.00. The predicted molar refractivity (Wildman–Crippen MR) is 187 cm³/mol. The first kappa shape index (κ1) is 30.3. The molecule has 1 aliphatic heterocycles. The minimum Gasteiger partial charge on any atom is -0.494 e. The molecule has 46 heavy (non-hydrogen) atoms. The van der Waals surface area contributed by atoms with Gasteiger partial charge in [-0.15, -0.1) is 0 Å². The van der Waals surface area contributed by atoms with Gasteiger partial charge in [0.05, 0.1) is 18.3 Å². The summed E-state index contributed by atoms with van der Waals surface area (Å²) >= 11 is 0. The van der Waals surface area contributed by atoms with Crippen LogP contribution in [0.15, 0.2) is 72.8 Å². The van der Waals surface area contributed by atoms with E-state index in [4.69, 9.17) is 15.5 Å². The molecule has 3 heterocycles. The maximum absolute atomic E-state index is 13.8. The molecule has 238 valence electrons. The Hall–Kier alpha value is -4.36. The number of aryl methyl sites for hydroxylation is 2. The van der Waals surface area contributed by atoms with Crippen LogP contribution in [0.25, 0.3) is 39.5 Å². The average Bonchev–Trinajstić information content (AvgIpc) is 3.66. The fourth-order valence-corrected chi connectivity index (χ4v) is 7.24. The van der Waals surface area contributed by atoms with Crippen molar-refractivity contribution in [1.82, 2.24) is 19.0 Å². The number of fused-ring (bicyclic) bond motifs is 2. The standard InChI is InChI=1S/C39H45N5O2/c1-5-29-24-43(25(2)36(29)40)39(45)31-20-32-37(35(22-31)46-4)42(3)38(41-32)34-21-30-19-27(14-10-9-13-26-11-7-6-8-12-26)17-18-33(30)44(34)23-28-15-16-28/h6-8,10-12,14,17-22,25,28-29,36H,5,9,13,15-16,23-24,40H2,1-4H3/b14-10+/t25?,29-,36?/m1/s1. The van der Waals surface area contributed by atoms with E-state index in [-0.39, 0.29) is 18.0 Å². The number of hydrogen-bond donors (Lipinski definition) is 1. The summed E-state index contributed by atoms with van der Waals surface area (Å²) in [5.41, 5.74) is 13.6. The maximum atomic E-state index is 13.8. The van der Waals surface area contributed by atoms with Crippen LogP contribution in [0.5, 0.6) is 5.75 Å². The Morgan fingerprint density at radius 2 is 1.89 bits per heavy atom. The van der Waals surface area contributed by atoms with Crippen molar-refractivity contribution in [2.75, 3.05) is 13.7 Å². The largest absolute Gasteiger partial charge is 0.494 e. The van der Waals surface area contributed by atoms with Crippen LogP contribution in [-0.4, -0.2) is 50.7 Å². The smallest absolute Gasteiger partial charge is 0.254 e. The Bertz CT molecular complexity index is 1920. The minimum atomic E-state index is -0.0153. The molecule has 3 aromatic carbocycles. The molecule has 2 fully saturated rings. The van der Waals surface area contributed by atoms with Gasteiger partial charge in [0.15, 0.2) is 5.82 Å². The zero-order valence-electron chi connectivity index (χ0n) is 27.4. The molecule has 1 saturated carbocycles. The zero-order chi connectivity index (χ0) is 31.9. The number of carbonyl (C=O) groups excluding carboxylic acids is 1. The highest BCUT2D eigenvalue weighted by Gasteiger charge is 2.39. The second-order valence-corrected chi connectivity index (χ2v) is 13.3. The van der Waals surface area contributed by atoms with Gasteiger partial charge in [-0.05, 0) is 85.9 Å². The first-order valence-electron chi connectivity index (χ1n) is 16.8. The minimum absolute atomic E-state index is 0.0137. The Morgan fingerprint density at radius 1 is 1.09 bits per heavy atom. The number of nitrogens with two attached hydrogens (primary N) is 1. The normalized spacial score (nSPS) is 20.0. The summed E-state index contributed by atoms with van der Waals surface area (Å²) < 4.78 is 10.4. The first-order chi connectivity index (χ1) is 22.4. The van der Waals surface area contributed by atoms with Gasteiger partial charge in [-0.1, -0.05) is 61.9 Å². The van der Waals surface area contributed by atoms with Crippen LogP contribution in [0, 0.1) is 11.8 Å². The van der Waals surface area contributed by atoms with Gasteiger partial charge in [-0.3, -0.25) is 4.79 Å². The average molecular weight is 616 g/mol. The van der Waals surface area contributed by atoms with E-state index in [9.17, 15) is 4.79 Å². The summed E-state index contributed by atoms with van der Waals surface area (Å²) in [5, 5.41) is 1.21. The van der Waals surface area contributed by atoms with Crippen molar-refractivity contribution in [1.29, 1.82) is 0 Å². The number of hydrogen-bond acceptors (Lipinski definition) is 4. The number of benzene rings is 3. The van der Waals surface area contributed by atoms with Gasteiger partial charge in [-0.25, -0.2) is 4.98 Å². The molecule has 2 N–H and O–H groups in total. The Labute approximate surface area is 271 Å². The second-order valence-electron chi connectivity index (χ2n) is 13.3. The van der Waals surface area contributed by atoms with Gasteiger partial charge >= 0.3 is 0 Å². The van der Waals surface area contributed by atoms with Crippen molar-refractivity contribution in [2.24, 2.45) is 24.6 Å². The van der Waals surface area contributed by atoms with Gasteiger partial charge in [-0.2, -0.15) is 0 Å². The number of carbonyl (C=O) groups is 1. The van der Waals surface area contributed by atoms with Crippen LogP contribution >= 0.6 is 0 Å². The number of amides is 1. The van der Waals surface area contributed by atoms with Crippen molar-refractivity contribution in [3.8, 4) is 17.3 Å². The molecule has 2 aliphatic rings. The van der Waals surface area contributed by atoms with E-state index in [1.165, 1.54) is 34.9 Å². The second kappa shape index (κ2) is 12.4. The Kier molecular flexibility index (Phi) is 8.20. The SMILES string of the molecule is CC[C@@H]1CN(C(=O)c2cc(OC)c3c(c2)nc(-c2cc4cc(/C=C/CCc5ccccc5)ccc4n2CC2CC2)n3C)C(C)C1N. The van der Waals surface area contributed by atoms with Crippen molar-refractivity contribution < 1.29 is 9.53 Å². The number of rotatable bonds is 10. The number of nitrogens with zero attached hydrogens (tertiary/aromatic N) is 4. The number of imidazole rings is 1. The molecular formula is C39H45N5O2. The van der Waals surface area contributed by atoms with E-state index in [0.29, 0.717) is 29.7 Å². The van der Waals surface area contributed by atoms with Crippen molar-refractivity contribution in [3.05, 3.63) is 89.5 Å². The molecule has 1 saturated heterocycles. The summed E-state index contributed by atoms with van der Waals surface area (Å²) in [7, 11) is 3.71. The van der Waals surface area contributed by atoms with E-state index in [1.807, 2.05) is 24.1 Å². The highest BCUT2D eigenvalue weighted by Crippen LogP contribution is 2.38. The highest BCUT2D eigenvalue weighted by atomic mass is 16.5. The van der Waals surface area contributed by atoms with Crippen LogP contribution in [0.1, 0.15) is 61.0 Å². The molecule has 0 bridgehead atoms. The summed E-state index contributed by atoms with van der Waals surface area (Å²) in [6.07, 6.45) is 10.0. The topological polar surface area (TPSA) is 78.3 Å². The Balaban J connectivity index is 1.23. The number of allylic oxidation sites excluding steroid dienone is 1.